The highest BCUT2D eigenvalue weighted by molar-refractivity contribution is 5.26. The monoisotopic (exact) mass is 267 g/mol. The van der Waals surface area contributed by atoms with Crippen LogP contribution in [0, 0.1) is 17.5 Å². The van der Waals surface area contributed by atoms with E-state index in [1.165, 1.54) is 0 Å². The van der Waals surface area contributed by atoms with Crippen LogP contribution in [0.1, 0.15) is 19.4 Å². The molecule has 0 aromatic heterocycles. The Kier molecular flexibility index (Phi) is 4.98. The summed E-state index contributed by atoms with van der Waals surface area (Å²) in [5.74, 6) is -3.85. The minimum absolute atomic E-state index is 0.185. The van der Waals surface area contributed by atoms with Gasteiger partial charge in [0.2, 0.25) is 0 Å². The summed E-state index contributed by atoms with van der Waals surface area (Å²) < 4.78 is 39.2. The van der Waals surface area contributed by atoms with Crippen LogP contribution in [0.15, 0.2) is 48.8 Å². The van der Waals surface area contributed by atoms with E-state index in [1.807, 2.05) is 6.92 Å². The quantitative estimate of drug-likeness (QED) is 0.559. The van der Waals surface area contributed by atoms with Crippen molar-refractivity contribution >= 4 is 0 Å². The summed E-state index contributed by atoms with van der Waals surface area (Å²) in [6.45, 7) is 11.4. The van der Waals surface area contributed by atoms with Crippen molar-refractivity contribution in [3.8, 4) is 0 Å². The van der Waals surface area contributed by atoms with Crippen molar-refractivity contribution in [2.24, 2.45) is 0 Å². The van der Waals surface area contributed by atoms with Gasteiger partial charge in [-0.05, 0) is 37.1 Å². The van der Waals surface area contributed by atoms with E-state index in [0.717, 1.165) is 17.7 Å². The van der Waals surface area contributed by atoms with E-state index in [4.69, 9.17) is 0 Å². The first-order valence-corrected chi connectivity index (χ1v) is 5.74. The number of nitrogens with zero attached hydrogens (tertiary/aromatic N) is 1. The molecule has 1 nitrogen and oxygen atoms in total. The molecule has 102 valence electrons. The molecule has 19 heavy (non-hydrogen) atoms. The Morgan fingerprint density at radius 2 is 1.74 bits per heavy atom. The van der Waals surface area contributed by atoms with E-state index in [-0.39, 0.29) is 6.54 Å². The van der Waals surface area contributed by atoms with E-state index in [1.54, 1.807) is 24.1 Å². The molecule has 0 saturated carbocycles. The second-order valence-electron chi connectivity index (χ2n) is 4.21. The Morgan fingerprint density at radius 3 is 2.16 bits per heavy atom. The largest absolute Gasteiger partial charge is 0.344 e. The Bertz CT molecular complexity index is 509. The zero-order valence-corrected chi connectivity index (χ0v) is 11.0. The molecule has 0 unspecified atom stereocenters. The number of halogens is 3. The lowest BCUT2D eigenvalue weighted by molar-refractivity contribution is 0.432. The molecule has 0 fully saturated rings. The van der Waals surface area contributed by atoms with Gasteiger partial charge in [0.05, 0.1) is 0 Å². The van der Waals surface area contributed by atoms with Gasteiger partial charge < -0.3 is 4.90 Å². The van der Waals surface area contributed by atoms with Gasteiger partial charge in [-0.3, -0.25) is 0 Å². The van der Waals surface area contributed by atoms with Crippen LogP contribution in [0.5, 0.6) is 0 Å². The van der Waals surface area contributed by atoms with Crippen molar-refractivity contribution < 1.29 is 13.2 Å². The van der Waals surface area contributed by atoms with Crippen LogP contribution in [-0.2, 0) is 6.54 Å². The topological polar surface area (TPSA) is 3.24 Å². The lowest BCUT2D eigenvalue weighted by Gasteiger charge is -2.23. The summed E-state index contributed by atoms with van der Waals surface area (Å²) in [6, 6.07) is 1.95. The first-order valence-electron chi connectivity index (χ1n) is 5.74. The number of hydrogen-bond donors (Lipinski definition) is 0. The average molecular weight is 267 g/mol. The summed E-state index contributed by atoms with van der Waals surface area (Å²) in [5.41, 5.74) is 1.68. The molecule has 0 bridgehead atoms. The van der Waals surface area contributed by atoms with E-state index in [2.05, 4.69) is 13.2 Å². The van der Waals surface area contributed by atoms with Crippen LogP contribution in [0.25, 0.3) is 0 Å². The summed E-state index contributed by atoms with van der Waals surface area (Å²) in [4.78, 5) is 1.69. The maximum absolute atomic E-state index is 13.1. The molecule has 4 heteroatoms. The molecule has 1 aromatic rings. The van der Waals surface area contributed by atoms with Crippen LogP contribution in [-0.4, -0.2) is 4.90 Å². The molecule has 0 aliphatic rings. The maximum atomic E-state index is 13.1. The molecule has 0 spiro atoms. The summed E-state index contributed by atoms with van der Waals surface area (Å²) >= 11 is 0. The van der Waals surface area contributed by atoms with E-state index >= 15 is 0 Å². The van der Waals surface area contributed by atoms with Gasteiger partial charge in [-0.2, -0.15) is 0 Å². The molecule has 0 heterocycles. The molecular weight excluding hydrogens is 251 g/mol. The molecule has 0 radical (unpaired) electrons. The number of rotatable bonds is 5. The number of benzene rings is 1. The molecule has 0 aliphatic heterocycles. The van der Waals surface area contributed by atoms with Crippen LogP contribution in [0.2, 0.25) is 0 Å². The van der Waals surface area contributed by atoms with Gasteiger partial charge in [-0.1, -0.05) is 19.2 Å². The number of allylic oxidation sites excluding steroid dienone is 2. The fourth-order valence-electron chi connectivity index (χ4n) is 1.56. The fourth-order valence-corrected chi connectivity index (χ4v) is 1.56. The Hall–Kier alpha value is -1.97. The normalized spacial score (nSPS) is 10.8. The lowest BCUT2D eigenvalue weighted by Crippen LogP contribution is -2.16. The highest BCUT2D eigenvalue weighted by Gasteiger charge is 2.13. The first kappa shape index (κ1) is 15.1. The molecule has 1 aromatic carbocycles. The van der Waals surface area contributed by atoms with Crippen molar-refractivity contribution in [3.63, 3.8) is 0 Å². The third-order valence-corrected chi connectivity index (χ3v) is 2.56. The third-order valence-electron chi connectivity index (χ3n) is 2.56. The van der Waals surface area contributed by atoms with Crippen molar-refractivity contribution in [2.75, 3.05) is 0 Å². The highest BCUT2D eigenvalue weighted by atomic mass is 19.2. The minimum Gasteiger partial charge on any atom is -0.344 e. The van der Waals surface area contributed by atoms with Crippen molar-refractivity contribution in [1.82, 2.24) is 4.90 Å². The van der Waals surface area contributed by atoms with Crippen LogP contribution >= 0.6 is 0 Å². The van der Waals surface area contributed by atoms with Gasteiger partial charge in [0, 0.05) is 18.4 Å². The average Bonchev–Trinajstić information content (AvgIpc) is 2.34. The molecule has 0 aliphatic carbocycles. The Balaban J connectivity index is 3.04. The second kappa shape index (κ2) is 6.27. The van der Waals surface area contributed by atoms with Gasteiger partial charge in [-0.25, -0.2) is 13.2 Å². The smallest absolute Gasteiger partial charge is 0.194 e. The predicted octanol–water partition coefficient (Wildman–Crippen LogP) is 4.53. The second-order valence-corrected chi connectivity index (χ2v) is 4.21. The predicted molar refractivity (Wildman–Crippen MR) is 70.6 cm³/mol. The van der Waals surface area contributed by atoms with Crippen molar-refractivity contribution in [3.05, 3.63) is 71.9 Å². The first-order chi connectivity index (χ1) is 8.86. The van der Waals surface area contributed by atoms with Crippen LogP contribution in [0.3, 0.4) is 0 Å². The van der Waals surface area contributed by atoms with Gasteiger partial charge in [-0.15, -0.1) is 0 Å². The van der Waals surface area contributed by atoms with E-state index in [0.29, 0.717) is 11.3 Å². The Labute approximate surface area is 111 Å². The fraction of sp³-hybridized carbons (Fsp3) is 0.200. The molecule has 0 atom stereocenters. The summed E-state index contributed by atoms with van der Waals surface area (Å²) in [5, 5.41) is 0. The molecule has 0 N–H and O–H groups in total. The Morgan fingerprint density at radius 1 is 1.21 bits per heavy atom. The highest BCUT2D eigenvalue weighted by Crippen LogP contribution is 2.19. The van der Waals surface area contributed by atoms with Gasteiger partial charge in [0.15, 0.2) is 17.5 Å². The lowest BCUT2D eigenvalue weighted by atomic mass is 10.1. The molecule has 1 rings (SSSR count). The minimum atomic E-state index is -1.46. The molecular formula is C15H16F3N. The van der Waals surface area contributed by atoms with E-state index in [9.17, 15) is 13.2 Å². The third kappa shape index (κ3) is 3.74. The summed E-state index contributed by atoms with van der Waals surface area (Å²) in [7, 11) is 0. The molecule has 0 saturated heterocycles. The van der Waals surface area contributed by atoms with Gasteiger partial charge in [0.1, 0.15) is 0 Å². The zero-order valence-electron chi connectivity index (χ0n) is 11.0. The van der Waals surface area contributed by atoms with E-state index < -0.39 is 17.5 Å². The summed E-state index contributed by atoms with van der Waals surface area (Å²) in [6.07, 6.45) is 3.49. The maximum Gasteiger partial charge on any atom is 0.194 e. The zero-order chi connectivity index (χ0) is 14.6. The number of hydrogen-bond acceptors (Lipinski definition) is 1. The van der Waals surface area contributed by atoms with Crippen LogP contribution < -0.4 is 0 Å². The van der Waals surface area contributed by atoms with Gasteiger partial charge in [0.25, 0.3) is 0 Å². The SMILES string of the molecule is C=C(C)C(=C)N(/C=C\C)Cc1cc(F)c(F)c(F)c1. The molecule has 0 amide bonds. The standard InChI is InChI=1S/C15H16F3N/c1-5-6-19(11(4)10(2)3)9-12-7-13(16)15(18)14(17)8-12/h5-8H,2,4,9H2,1,3H3/b6-5-. The van der Waals surface area contributed by atoms with Gasteiger partial charge >= 0.3 is 0 Å². The van der Waals surface area contributed by atoms with Crippen molar-refractivity contribution in [2.45, 2.75) is 20.4 Å². The van der Waals surface area contributed by atoms with Crippen molar-refractivity contribution in [1.29, 1.82) is 0 Å². The van der Waals surface area contributed by atoms with Crippen LogP contribution in [0.4, 0.5) is 13.2 Å².